The number of benzene rings is 3. The molecule has 43 heavy (non-hydrogen) atoms. The molecular weight excluding hydrogens is 546 g/mol. The molecule has 1 fully saturated rings. The SMILES string of the molecule is COc1ccccc1-c1nnc2n(Cc3cccc(NC(=O)CCN4CCN(CCO)CC4)c3)c(=O)c3ccccc3n12. The maximum atomic E-state index is 13.7. The van der Waals surface area contributed by atoms with Crippen LogP contribution in [0.2, 0.25) is 0 Å². The molecule has 6 rings (SSSR count). The zero-order valence-corrected chi connectivity index (χ0v) is 24.1. The van der Waals surface area contributed by atoms with Crippen LogP contribution in [0.3, 0.4) is 0 Å². The number of aliphatic hydroxyl groups excluding tert-OH is 1. The molecule has 11 heteroatoms. The predicted molar refractivity (Wildman–Crippen MR) is 165 cm³/mol. The maximum Gasteiger partial charge on any atom is 0.263 e. The van der Waals surface area contributed by atoms with Gasteiger partial charge in [-0.05, 0) is 42.0 Å². The topological polar surface area (TPSA) is 117 Å². The molecule has 0 spiro atoms. The Morgan fingerprint density at radius 1 is 0.930 bits per heavy atom. The Labute approximate surface area is 248 Å². The number of aliphatic hydroxyl groups is 1. The van der Waals surface area contributed by atoms with Crippen molar-refractivity contribution in [1.82, 2.24) is 29.0 Å². The molecule has 2 N–H and O–H groups in total. The normalized spacial score (nSPS) is 14.4. The number of rotatable bonds is 10. The van der Waals surface area contributed by atoms with Gasteiger partial charge in [0.2, 0.25) is 11.7 Å². The molecule has 2 aromatic heterocycles. The van der Waals surface area contributed by atoms with Gasteiger partial charge in [-0.15, -0.1) is 10.2 Å². The fourth-order valence-electron chi connectivity index (χ4n) is 5.70. The van der Waals surface area contributed by atoms with Gasteiger partial charge < -0.3 is 20.1 Å². The lowest BCUT2D eigenvalue weighted by Crippen LogP contribution is -2.47. The zero-order valence-electron chi connectivity index (χ0n) is 24.1. The van der Waals surface area contributed by atoms with Crippen molar-refractivity contribution in [2.75, 3.05) is 58.3 Å². The predicted octanol–water partition coefficient (Wildman–Crippen LogP) is 2.71. The number of amides is 1. The highest BCUT2D eigenvalue weighted by Gasteiger charge is 2.20. The summed E-state index contributed by atoms with van der Waals surface area (Å²) in [7, 11) is 1.61. The summed E-state index contributed by atoms with van der Waals surface area (Å²) in [6.07, 6.45) is 0.389. The Balaban J connectivity index is 1.24. The van der Waals surface area contributed by atoms with Crippen molar-refractivity contribution in [3.63, 3.8) is 0 Å². The van der Waals surface area contributed by atoms with Gasteiger partial charge in [-0.3, -0.25) is 23.5 Å². The first-order chi connectivity index (χ1) is 21.1. The van der Waals surface area contributed by atoms with E-state index in [1.54, 1.807) is 11.7 Å². The number of ether oxygens (including phenoxy) is 1. The third-order valence-electron chi connectivity index (χ3n) is 7.94. The van der Waals surface area contributed by atoms with Gasteiger partial charge in [0.25, 0.3) is 5.56 Å². The second-order valence-electron chi connectivity index (χ2n) is 10.7. The summed E-state index contributed by atoms with van der Waals surface area (Å²) in [5, 5.41) is 21.7. The lowest BCUT2D eigenvalue weighted by Gasteiger charge is -2.34. The molecule has 0 aliphatic carbocycles. The van der Waals surface area contributed by atoms with E-state index in [0.717, 1.165) is 37.3 Å². The highest BCUT2D eigenvalue weighted by Crippen LogP contribution is 2.30. The number of aromatic nitrogens is 4. The number of carbonyl (C=O) groups excluding carboxylic acids is 1. The number of anilines is 1. The van der Waals surface area contributed by atoms with Gasteiger partial charge in [0.1, 0.15) is 5.75 Å². The molecule has 0 unspecified atom stereocenters. The average Bonchev–Trinajstić information content (AvgIpc) is 3.48. The van der Waals surface area contributed by atoms with E-state index >= 15 is 0 Å². The van der Waals surface area contributed by atoms with Gasteiger partial charge in [-0.1, -0.05) is 36.4 Å². The molecule has 1 aliphatic rings. The van der Waals surface area contributed by atoms with Crippen molar-refractivity contribution in [1.29, 1.82) is 0 Å². The van der Waals surface area contributed by atoms with Crippen LogP contribution < -0.4 is 15.6 Å². The fourth-order valence-corrected chi connectivity index (χ4v) is 5.70. The molecular formula is C32H35N7O4. The van der Waals surface area contributed by atoms with Crippen molar-refractivity contribution in [3.05, 3.63) is 88.7 Å². The van der Waals surface area contributed by atoms with E-state index in [4.69, 9.17) is 9.84 Å². The number of hydrogen-bond acceptors (Lipinski definition) is 8. The van der Waals surface area contributed by atoms with Crippen LogP contribution in [-0.2, 0) is 11.3 Å². The van der Waals surface area contributed by atoms with Crippen LogP contribution >= 0.6 is 0 Å². The Morgan fingerprint density at radius 2 is 1.67 bits per heavy atom. The van der Waals surface area contributed by atoms with Crippen molar-refractivity contribution >= 4 is 28.3 Å². The van der Waals surface area contributed by atoms with Gasteiger partial charge in [-0.2, -0.15) is 0 Å². The smallest absolute Gasteiger partial charge is 0.263 e. The minimum Gasteiger partial charge on any atom is -0.496 e. The number of nitrogens with one attached hydrogen (secondary N) is 1. The van der Waals surface area contributed by atoms with E-state index in [1.165, 1.54) is 0 Å². The van der Waals surface area contributed by atoms with Crippen LogP contribution in [0.25, 0.3) is 28.1 Å². The molecule has 0 atom stereocenters. The van der Waals surface area contributed by atoms with Crippen molar-refractivity contribution in [2.45, 2.75) is 13.0 Å². The number of methoxy groups -OCH3 is 1. The number of β-amino-alcohol motifs (C(OH)–C–C–N with tert-alkyl or cyclic N) is 1. The monoisotopic (exact) mass is 581 g/mol. The molecule has 1 saturated heterocycles. The number of fused-ring (bicyclic) bond motifs is 3. The third-order valence-corrected chi connectivity index (χ3v) is 7.94. The first-order valence-corrected chi connectivity index (χ1v) is 14.5. The molecule has 1 aliphatic heterocycles. The van der Waals surface area contributed by atoms with Crippen LogP contribution in [0.4, 0.5) is 5.69 Å². The van der Waals surface area contributed by atoms with Crippen LogP contribution in [0, 0.1) is 0 Å². The molecule has 3 heterocycles. The van der Waals surface area contributed by atoms with Crippen molar-refractivity contribution < 1.29 is 14.6 Å². The Bertz CT molecular complexity index is 1810. The largest absolute Gasteiger partial charge is 0.496 e. The number of hydrogen-bond donors (Lipinski definition) is 2. The van der Waals surface area contributed by atoms with Gasteiger partial charge in [0, 0.05) is 51.4 Å². The molecule has 0 saturated carbocycles. The molecule has 222 valence electrons. The molecule has 3 aromatic carbocycles. The fraction of sp³-hybridized carbons (Fsp3) is 0.312. The number of carbonyl (C=O) groups is 1. The first-order valence-electron chi connectivity index (χ1n) is 14.5. The standard InChI is InChI=1S/C32H35N7O4/c1-43-28-12-5-3-10-26(28)30-34-35-32-38(31(42)25-9-2-4-11-27(25)39(30)32)22-23-7-6-8-24(21-23)33-29(41)13-14-36-15-17-37(18-16-36)19-20-40/h2-12,21,40H,13-20,22H2,1H3,(H,33,41). The van der Waals surface area contributed by atoms with Crippen molar-refractivity contribution in [2.24, 2.45) is 0 Å². The first kappa shape index (κ1) is 28.5. The number of para-hydroxylation sites is 2. The van der Waals surface area contributed by atoms with E-state index in [-0.39, 0.29) is 24.6 Å². The third kappa shape index (κ3) is 6.00. The lowest BCUT2D eigenvalue weighted by atomic mass is 10.1. The Hall–Kier alpha value is -4.58. The van der Waals surface area contributed by atoms with Gasteiger partial charge in [0.15, 0.2) is 5.82 Å². The summed E-state index contributed by atoms with van der Waals surface area (Å²) < 4.78 is 9.10. The minimum atomic E-state index is -0.171. The van der Waals surface area contributed by atoms with E-state index in [2.05, 4.69) is 25.3 Å². The van der Waals surface area contributed by atoms with Crippen LogP contribution in [0.5, 0.6) is 5.75 Å². The summed E-state index contributed by atoms with van der Waals surface area (Å²) >= 11 is 0. The molecule has 0 radical (unpaired) electrons. The van der Waals surface area contributed by atoms with E-state index in [1.807, 2.05) is 77.2 Å². The molecule has 0 bridgehead atoms. The second-order valence-corrected chi connectivity index (χ2v) is 10.7. The highest BCUT2D eigenvalue weighted by atomic mass is 16.5. The lowest BCUT2D eigenvalue weighted by molar-refractivity contribution is -0.116. The van der Waals surface area contributed by atoms with Gasteiger partial charge in [0.05, 0.1) is 36.7 Å². The summed E-state index contributed by atoms with van der Waals surface area (Å²) in [6.45, 7) is 5.38. The zero-order chi connectivity index (χ0) is 29.8. The summed E-state index contributed by atoms with van der Waals surface area (Å²) in [5.41, 5.74) is 2.83. The minimum absolute atomic E-state index is 0.0564. The molecule has 1 amide bonds. The van der Waals surface area contributed by atoms with E-state index < -0.39 is 0 Å². The summed E-state index contributed by atoms with van der Waals surface area (Å²) in [5.74, 6) is 1.59. The number of nitrogens with zero attached hydrogens (tertiary/aromatic N) is 6. The molecule has 5 aromatic rings. The quantitative estimate of drug-likeness (QED) is 0.259. The average molecular weight is 582 g/mol. The van der Waals surface area contributed by atoms with E-state index in [0.29, 0.717) is 53.5 Å². The summed E-state index contributed by atoms with van der Waals surface area (Å²) in [4.78, 5) is 31.0. The maximum absolute atomic E-state index is 13.7. The summed E-state index contributed by atoms with van der Waals surface area (Å²) in [6, 6.07) is 22.6. The highest BCUT2D eigenvalue weighted by molar-refractivity contribution is 5.91. The second kappa shape index (κ2) is 12.7. The Morgan fingerprint density at radius 3 is 2.47 bits per heavy atom. The Kier molecular flexibility index (Phi) is 8.45. The van der Waals surface area contributed by atoms with Gasteiger partial charge >= 0.3 is 0 Å². The number of piperazine rings is 1. The van der Waals surface area contributed by atoms with E-state index in [9.17, 15) is 9.59 Å². The van der Waals surface area contributed by atoms with Crippen LogP contribution in [0.15, 0.2) is 77.6 Å². The molecule has 11 nitrogen and oxygen atoms in total. The van der Waals surface area contributed by atoms with Crippen molar-refractivity contribution in [3.8, 4) is 17.1 Å². The van der Waals surface area contributed by atoms with Crippen LogP contribution in [-0.4, -0.2) is 93.0 Å². The van der Waals surface area contributed by atoms with Crippen LogP contribution in [0.1, 0.15) is 12.0 Å². The van der Waals surface area contributed by atoms with Gasteiger partial charge in [-0.25, -0.2) is 0 Å².